The largest absolute Gasteiger partial charge is 0.481 e. The van der Waals surface area contributed by atoms with E-state index in [0.717, 1.165) is 5.56 Å². The molecule has 0 bridgehead atoms. The molecule has 0 aliphatic carbocycles. The zero-order chi connectivity index (χ0) is 9.84. The number of hydrogen-bond donors (Lipinski definition) is 0. The van der Waals surface area contributed by atoms with E-state index in [9.17, 15) is 4.79 Å². The Morgan fingerprint density at radius 2 is 2.15 bits per heavy atom. The summed E-state index contributed by atoms with van der Waals surface area (Å²) in [5, 5.41) is 0. The number of pyridine rings is 1. The summed E-state index contributed by atoms with van der Waals surface area (Å²) in [6.07, 6.45) is 1.44. The summed E-state index contributed by atoms with van der Waals surface area (Å²) in [7, 11) is 2.87. The van der Waals surface area contributed by atoms with Gasteiger partial charge in [-0.2, -0.15) is 0 Å². The fourth-order valence-electron chi connectivity index (χ4n) is 0.965. The van der Waals surface area contributed by atoms with E-state index < -0.39 is 0 Å². The van der Waals surface area contributed by atoms with E-state index in [1.165, 1.54) is 20.4 Å². The lowest BCUT2D eigenvalue weighted by molar-refractivity contribution is 0.0599. The highest BCUT2D eigenvalue weighted by Crippen LogP contribution is 2.13. The monoisotopic (exact) mass is 181 g/mol. The lowest BCUT2D eigenvalue weighted by Gasteiger charge is -2.04. The van der Waals surface area contributed by atoms with Gasteiger partial charge in [-0.3, -0.25) is 0 Å². The van der Waals surface area contributed by atoms with Crippen LogP contribution in [0.5, 0.6) is 5.88 Å². The Balaban J connectivity index is 3.05. The number of rotatable bonds is 2. The molecule has 1 rings (SSSR count). The molecule has 4 nitrogen and oxygen atoms in total. The van der Waals surface area contributed by atoms with Crippen LogP contribution in [0, 0.1) is 6.92 Å². The molecule has 0 amide bonds. The third-order valence-corrected chi connectivity index (χ3v) is 1.70. The molecule has 13 heavy (non-hydrogen) atoms. The zero-order valence-electron chi connectivity index (χ0n) is 7.83. The summed E-state index contributed by atoms with van der Waals surface area (Å²) >= 11 is 0. The average molecular weight is 181 g/mol. The number of aryl methyl sites for hydroxylation is 1. The Kier molecular flexibility index (Phi) is 2.84. The van der Waals surface area contributed by atoms with E-state index in [-0.39, 0.29) is 5.97 Å². The van der Waals surface area contributed by atoms with Crippen molar-refractivity contribution in [2.45, 2.75) is 6.92 Å². The fourth-order valence-corrected chi connectivity index (χ4v) is 0.965. The number of ether oxygens (including phenoxy) is 2. The van der Waals surface area contributed by atoms with Gasteiger partial charge in [0, 0.05) is 12.3 Å². The standard InChI is InChI=1S/C9H11NO3/c1-6-4-8(12-2)10-5-7(6)9(11)13-3/h4-5H,1-3H3. The van der Waals surface area contributed by atoms with Crippen molar-refractivity contribution in [3.05, 3.63) is 23.4 Å². The summed E-state index contributed by atoms with van der Waals surface area (Å²) < 4.78 is 9.47. The lowest BCUT2D eigenvalue weighted by Crippen LogP contribution is -2.04. The topological polar surface area (TPSA) is 48.4 Å². The Hall–Kier alpha value is -1.58. The van der Waals surface area contributed by atoms with Crippen LogP contribution in [0.2, 0.25) is 0 Å². The molecule has 1 aromatic heterocycles. The van der Waals surface area contributed by atoms with Crippen LogP contribution in [0.25, 0.3) is 0 Å². The van der Waals surface area contributed by atoms with Crippen molar-refractivity contribution in [1.82, 2.24) is 4.98 Å². The van der Waals surface area contributed by atoms with Gasteiger partial charge in [0.05, 0.1) is 19.8 Å². The molecule has 0 radical (unpaired) electrons. The first-order valence-electron chi connectivity index (χ1n) is 3.78. The van der Waals surface area contributed by atoms with Crippen LogP contribution >= 0.6 is 0 Å². The first kappa shape index (κ1) is 9.51. The lowest BCUT2D eigenvalue weighted by atomic mass is 10.1. The third-order valence-electron chi connectivity index (χ3n) is 1.70. The van der Waals surface area contributed by atoms with Gasteiger partial charge in [0.15, 0.2) is 0 Å². The van der Waals surface area contributed by atoms with Crippen molar-refractivity contribution in [3.8, 4) is 5.88 Å². The van der Waals surface area contributed by atoms with E-state index >= 15 is 0 Å². The molecular weight excluding hydrogens is 170 g/mol. The van der Waals surface area contributed by atoms with E-state index in [1.807, 2.05) is 0 Å². The van der Waals surface area contributed by atoms with Crippen molar-refractivity contribution in [3.63, 3.8) is 0 Å². The molecule has 0 spiro atoms. The maximum atomic E-state index is 11.1. The van der Waals surface area contributed by atoms with Gasteiger partial charge in [0.25, 0.3) is 0 Å². The van der Waals surface area contributed by atoms with Gasteiger partial charge in [0.2, 0.25) is 5.88 Å². The van der Waals surface area contributed by atoms with Crippen LogP contribution in [-0.2, 0) is 4.74 Å². The zero-order valence-corrected chi connectivity index (χ0v) is 7.83. The summed E-state index contributed by atoms with van der Waals surface area (Å²) in [4.78, 5) is 15.0. The molecule has 0 unspecified atom stereocenters. The molecule has 1 heterocycles. The minimum absolute atomic E-state index is 0.382. The van der Waals surface area contributed by atoms with E-state index in [1.54, 1.807) is 13.0 Å². The van der Waals surface area contributed by atoms with Gasteiger partial charge in [-0.05, 0) is 12.5 Å². The van der Waals surface area contributed by atoms with Crippen LogP contribution < -0.4 is 4.74 Å². The van der Waals surface area contributed by atoms with Gasteiger partial charge in [-0.1, -0.05) is 0 Å². The van der Waals surface area contributed by atoms with Crippen molar-refractivity contribution in [1.29, 1.82) is 0 Å². The van der Waals surface area contributed by atoms with Crippen LogP contribution in [0.1, 0.15) is 15.9 Å². The SMILES string of the molecule is COC(=O)c1cnc(OC)cc1C. The van der Waals surface area contributed by atoms with Crippen LogP contribution in [0.15, 0.2) is 12.3 Å². The minimum atomic E-state index is -0.382. The molecule has 0 aliphatic rings. The molecule has 1 aromatic rings. The van der Waals surface area contributed by atoms with Crippen molar-refractivity contribution < 1.29 is 14.3 Å². The molecule has 0 saturated heterocycles. The maximum Gasteiger partial charge on any atom is 0.339 e. The van der Waals surface area contributed by atoms with Crippen molar-refractivity contribution >= 4 is 5.97 Å². The smallest absolute Gasteiger partial charge is 0.339 e. The summed E-state index contributed by atoms with van der Waals surface area (Å²) in [5.74, 6) is 0.109. The molecule has 0 atom stereocenters. The Morgan fingerprint density at radius 3 is 2.62 bits per heavy atom. The summed E-state index contributed by atoms with van der Waals surface area (Å²) in [6.45, 7) is 1.80. The average Bonchev–Trinajstić information content (AvgIpc) is 2.16. The first-order valence-corrected chi connectivity index (χ1v) is 3.78. The molecule has 0 fully saturated rings. The first-order chi connectivity index (χ1) is 6.19. The maximum absolute atomic E-state index is 11.1. The van der Waals surface area contributed by atoms with Gasteiger partial charge in [0.1, 0.15) is 0 Å². The van der Waals surface area contributed by atoms with E-state index in [4.69, 9.17) is 4.74 Å². The summed E-state index contributed by atoms with van der Waals surface area (Å²) in [6, 6.07) is 1.69. The number of nitrogens with zero attached hydrogens (tertiary/aromatic N) is 1. The van der Waals surface area contributed by atoms with Crippen molar-refractivity contribution in [2.75, 3.05) is 14.2 Å². The fraction of sp³-hybridized carbons (Fsp3) is 0.333. The predicted octanol–water partition coefficient (Wildman–Crippen LogP) is 1.19. The Bertz CT molecular complexity index is 323. The molecule has 0 aromatic carbocycles. The molecule has 0 N–H and O–H groups in total. The number of carbonyl (C=O) groups is 1. The predicted molar refractivity (Wildman–Crippen MR) is 46.9 cm³/mol. The van der Waals surface area contributed by atoms with Gasteiger partial charge in [-0.15, -0.1) is 0 Å². The molecule has 70 valence electrons. The number of methoxy groups -OCH3 is 2. The van der Waals surface area contributed by atoms with Crippen LogP contribution in [0.4, 0.5) is 0 Å². The Morgan fingerprint density at radius 1 is 1.46 bits per heavy atom. The quantitative estimate of drug-likeness (QED) is 0.643. The third kappa shape index (κ3) is 1.96. The molecule has 4 heteroatoms. The Labute approximate surface area is 76.5 Å². The van der Waals surface area contributed by atoms with E-state index in [0.29, 0.717) is 11.4 Å². The highest BCUT2D eigenvalue weighted by atomic mass is 16.5. The van der Waals surface area contributed by atoms with Gasteiger partial charge >= 0.3 is 5.97 Å². The molecule has 0 aliphatic heterocycles. The minimum Gasteiger partial charge on any atom is -0.481 e. The second-order valence-electron chi connectivity index (χ2n) is 2.53. The number of esters is 1. The number of hydrogen-bond acceptors (Lipinski definition) is 4. The number of aromatic nitrogens is 1. The molecule has 0 saturated carbocycles. The second kappa shape index (κ2) is 3.89. The van der Waals surface area contributed by atoms with E-state index in [2.05, 4.69) is 9.72 Å². The second-order valence-corrected chi connectivity index (χ2v) is 2.53. The van der Waals surface area contributed by atoms with Crippen molar-refractivity contribution in [2.24, 2.45) is 0 Å². The molecular formula is C9H11NO3. The normalized spacial score (nSPS) is 9.46. The van der Waals surface area contributed by atoms with Crippen LogP contribution in [-0.4, -0.2) is 25.2 Å². The van der Waals surface area contributed by atoms with Crippen LogP contribution in [0.3, 0.4) is 0 Å². The van der Waals surface area contributed by atoms with Gasteiger partial charge < -0.3 is 9.47 Å². The summed E-state index contributed by atoms with van der Waals surface area (Å²) in [5.41, 5.74) is 1.25. The van der Waals surface area contributed by atoms with Gasteiger partial charge in [-0.25, -0.2) is 9.78 Å². The highest BCUT2D eigenvalue weighted by Gasteiger charge is 2.09. The highest BCUT2D eigenvalue weighted by molar-refractivity contribution is 5.90. The number of carbonyl (C=O) groups excluding carboxylic acids is 1.